The molecule has 0 aliphatic heterocycles. The Kier molecular flexibility index (Phi) is 4.56. The Labute approximate surface area is 114 Å². The van der Waals surface area contributed by atoms with E-state index in [1.807, 2.05) is 0 Å². The van der Waals surface area contributed by atoms with Crippen LogP contribution in [-0.2, 0) is 4.74 Å². The number of halogens is 1. The molecule has 2 heteroatoms. The third-order valence-corrected chi connectivity index (χ3v) is 5.90. The van der Waals surface area contributed by atoms with Crippen molar-refractivity contribution in [1.29, 1.82) is 0 Å². The van der Waals surface area contributed by atoms with E-state index in [0.29, 0.717) is 0 Å². The van der Waals surface area contributed by atoms with Crippen LogP contribution in [0.15, 0.2) is 0 Å². The molecule has 0 spiro atoms. The maximum atomic E-state index is 6.32. The quantitative estimate of drug-likeness (QED) is 0.533. The second kappa shape index (κ2) is 5.55. The first-order valence-corrected chi connectivity index (χ1v) is 8.38. The first-order valence-electron chi connectivity index (χ1n) is 6.85. The van der Waals surface area contributed by atoms with Crippen LogP contribution in [0, 0.1) is 17.8 Å². The molecule has 0 N–H and O–H groups in total. The van der Waals surface area contributed by atoms with Gasteiger partial charge in [0, 0.05) is 4.43 Å². The van der Waals surface area contributed by atoms with Crippen LogP contribution >= 0.6 is 22.6 Å². The van der Waals surface area contributed by atoms with E-state index < -0.39 is 0 Å². The largest absolute Gasteiger partial charge is 0.374 e. The van der Waals surface area contributed by atoms with Gasteiger partial charge in [0.05, 0.1) is 12.2 Å². The monoisotopic (exact) mass is 336 g/mol. The molecule has 94 valence electrons. The van der Waals surface area contributed by atoms with Crippen LogP contribution in [-0.4, -0.2) is 16.6 Å². The fourth-order valence-corrected chi connectivity index (χ4v) is 3.70. The smallest absolute Gasteiger partial charge is 0.0771 e. The average molecular weight is 336 g/mol. The topological polar surface area (TPSA) is 9.23 Å². The molecule has 1 nitrogen and oxygen atoms in total. The standard InChI is InChI=1S/C14H25IO/c1-11-5-7-14(10-15,8-6-11)16-9-12(2)13-3-4-13/h11-13H,3-10H2,1-2H3. The van der Waals surface area contributed by atoms with Crippen molar-refractivity contribution in [3.63, 3.8) is 0 Å². The van der Waals surface area contributed by atoms with E-state index in [1.165, 1.54) is 43.0 Å². The zero-order chi connectivity index (χ0) is 11.6. The summed E-state index contributed by atoms with van der Waals surface area (Å²) in [5.41, 5.74) is 0.232. The van der Waals surface area contributed by atoms with Crippen LogP contribution in [0.1, 0.15) is 52.4 Å². The molecule has 0 radical (unpaired) electrons. The van der Waals surface area contributed by atoms with E-state index in [-0.39, 0.29) is 5.60 Å². The first-order chi connectivity index (χ1) is 7.65. The van der Waals surface area contributed by atoms with Gasteiger partial charge in [-0.3, -0.25) is 0 Å². The molecule has 2 aliphatic rings. The molecule has 0 saturated heterocycles. The van der Waals surface area contributed by atoms with E-state index >= 15 is 0 Å². The van der Waals surface area contributed by atoms with Gasteiger partial charge in [-0.2, -0.15) is 0 Å². The van der Waals surface area contributed by atoms with E-state index in [9.17, 15) is 0 Å². The first kappa shape index (κ1) is 13.1. The van der Waals surface area contributed by atoms with Crippen LogP contribution < -0.4 is 0 Å². The molecular formula is C14H25IO. The summed E-state index contributed by atoms with van der Waals surface area (Å²) in [6, 6.07) is 0. The van der Waals surface area contributed by atoms with Crippen molar-refractivity contribution in [2.75, 3.05) is 11.0 Å². The molecule has 0 heterocycles. The number of alkyl halides is 1. The molecule has 2 fully saturated rings. The fraction of sp³-hybridized carbons (Fsp3) is 1.00. The van der Waals surface area contributed by atoms with Crippen LogP contribution in [0.3, 0.4) is 0 Å². The van der Waals surface area contributed by atoms with Crippen molar-refractivity contribution < 1.29 is 4.74 Å². The lowest BCUT2D eigenvalue weighted by molar-refractivity contribution is -0.0714. The highest BCUT2D eigenvalue weighted by Gasteiger charge is 2.36. The van der Waals surface area contributed by atoms with Crippen LogP contribution in [0.2, 0.25) is 0 Å². The van der Waals surface area contributed by atoms with E-state index in [4.69, 9.17) is 4.74 Å². The summed E-state index contributed by atoms with van der Waals surface area (Å²) in [6.45, 7) is 5.75. The molecule has 2 rings (SSSR count). The maximum absolute atomic E-state index is 6.32. The minimum atomic E-state index is 0.232. The molecule has 1 unspecified atom stereocenters. The van der Waals surface area contributed by atoms with Crippen molar-refractivity contribution in [2.45, 2.75) is 58.0 Å². The van der Waals surface area contributed by atoms with E-state index in [0.717, 1.165) is 24.4 Å². The van der Waals surface area contributed by atoms with Gasteiger partial charge in [-0.25, -0.2) is 0 Å². The Bertz CT molecular complexity index is 217. The van der Waals surface area contributed by atoms with Crippen LogP contribution in [0.4, 0.5) is 0 Å². The molecule has 0 aromatic heterocycles. The molecule has 1 atom stereocenters. The van der Waals surface area contributed by atoms with Gasteiger partial charge in [-0.1, -0.05) is 36.4 Å². The molecule has 2 saturated carbocycles. The molecule has 16 heavy (non-hydrogen) atoms. The van der Waals surface area contributed by atoms with Gasteiger partial charge in [0.1, 0.15) is 0 Å². The van der Waals surface area contributed by atoms with Crippen LogP contribution in [0.5, 0.6) is 0 Å². The molecule has 2 aliphatic carbocycles. The van der Waals surface area contributed by atoms with Crippen molar-refractivity contribution in [3.8, 4) is 0 Å². The molecular weight excluding hydrogens is 311 g/mol. The predicted octanol–water partition coefficient (Wildman–Crippen LogP) is 4.43. The zero-order valence-corrected chi connectivity index (χ0v) is 12.8. The highest BCUT2D eigenvalue weighted by molar-refractivity contribution is 14.1. The van der Waals surface area contributed by atoms with Crippen LogP contribution in [0.25, 0.3) is 0 Å². The number of ether oxygens (including phenoxy) is 1. The third-order valence-electron chi connectivity index (χ3n) is 4.51. The van der Waals surface area contributed by atoms with Gasteiger partial charge in [0.25, 0.3) is 0 Å². The molecule has 0 aromatic rings. The van der Waals surface area contributed by atoms with Crippen molar-refractivity contribution in [1.82, 2.24) is 0 Å². The zero-order valence-electron chi connectivity index (χ0n) is 10.7. The third kappa shape index (κ3) is 3.34. The lowest BCUT2D eigenvalue weighted by Gasteiger charge is -2.39. The summed E-state index contributed by atoms with van der Waals surface area (Å²) in [4.78, 5) is 0. The van der Waals surface area contributed by atoms with Gasteiger partial charge in [0.2, 0.25) is 0 Å². The van der Waals surface area contributed by atoms with E-state index in [2.05, 4.69) is 36.4 Å². The summed E-state index contributed by atoms with van der Waals surface area (Å²) in [5.74, 6) is 2.69. The Morgan fingerprint density at radius 2 is 1.88 bits per heavy atom. The maximum Gasteiger partial charge on any atom is 0.0771 e. The summed E-state index contributed by atoms with van der Waals surface area (Å²) < 4.78 is 7.50. The van der Waals surface area contributed by atoms with E-state index in [1.54, 1.807) is 0 Å². The van der Waals surface area contributed by atoms with Crippen molar-refractivity contribution in [3.05, 3.63) is 0 Å². The van der Waals surface area contributed by atoms with Gasteiger partial charge >= 0.3 is 0 Å². The Morgan fingerprint density at radius 1 is 1.25 bits per heavy atom. The lowest BCUT2D eigenvalue weighted by Crippen LogP contribution is -2.39. The molecule has 0 bridgehead atoms. The van der Waals surface area contributed by atoms with Gasteiger partial charge < -0.3 is 4.74 Å². The summed E-state index contributed by atoms with van der Waals surface area (Å²) in [7, 11) is 0. The SMILES string of the molecule is CC1CCC(CI)(OCC(C)C2CC2)CC1. The minimum Gasteiger partial charge on any atom is -0.374 e. The van der Waals surface area contributed by atoms with Crippen molar-refractivity contribution >= 4 is 22.6 Å². The highest BCUT2D eigenvalue weighted by Crippen LogP contribution is 2.40. The molecule has 0 aromatic carbocycles. The number of hydrogen-bond acceptors (Lipinski definition) is 1. The normalized spacial score (nSPS) is 37.3. The lowest BCUT2D eigenvalue weighted by atomic mass is 9.80. The second-order valence-electron chi connectivity index (χ2n) is 6.12. The van der Waals surface area contributed by atoms with Gasteiger partial charge in [-0.05, 0) is 56.3 Å². The Morgan fingerprint density at radius 3 is 2.38 bits per heavy atom. The fourth-order valence-electron chi connectivity index (χ4n) is 2.71. The average Bonchev–Trinajstić information content (AvgIpc) is 3.12. The van der Waals surface area contributed by atoms with Crippen molar-refractivity contribution in [2.24, 2.45) is 17.8 Å². The summed E-state index contributed by atoms with van der Waals surface area (Å²) in [5, 5.41) is 0. The van der Waals surface area contributed by atoms with Gasteiger partial charge in [0.15, 0.2) is 0 Å². The summed E-state index contributed by atoms with van der Waals surface area (Å²) in [6.07, 6.45) is 8.18. The summed E-state index contributed by atoms with van der Waals surface area (Å²) >= 11 is 2.52. The Balaban J connectivity index is 1.79. The number of hydrogen-bond donors (Lipinski definition) is 0. The minimum absolute atomic E-state index is 0.232. The molecule has 0 amide bonds. The van der Waals surface area contributed by atoms with Gasteiger partial charge in [-0.15, -0.1) is 0 Å². The second-order valence-corrected chi connectivity index (χ2v) is 6.89. The number of rotatable bonds is 5. The highest BCUT2D eigenvalue weighted by atomic mass is 127. The Hall–Kier alpha value is 0.690. The predicted molar refractivity (Wildman–Crippen MR) is 77.1 cm³/mol.